The summed E-state index contributed by atoms with van der Waals surface area (Å²) in [7, 11) is 0. The van der Waals surface area contributed by atoms with Crippen molar-refractivity contribution in [2.24, 2.45) is 11.7 Å². The Morgan fingerprint density at radius 2 is 2.43 bits per heavy atom. The summed E-state index contributed by atoms with van der Waals surface area (Å²) in [6.07, 6.45) is 4.52. The fraction of sp³-hybridized carbons (Fsp3) is 0.643. The van der Waals surface area contributed by atoms with E-state index in [2.05, 4.69) is 20.2 Å². The molecule has 0 saturated carbocycles. The number of amides is 1. The Morgan fingerprint density at radius 1 is 1.62 bits per heavy atom. The van der Waals surface area contributed by atoms with Crippen LogP contribution >= 0.6 is 11.6 Å². The first-order valence-electron chi connectivity index (χ1n) is 7.31. The van der Waals surface area contributed by atoms with Gasteiger partial charge in [0.1, 0.15) is 16.7 Å². The number of halogens is 1. The first kappa shape index (κ1) is 16.0. The summed E-state index contributed by atoms with van der Waals surface area (Å²) in [6, 6.07) is 0. The van der Waals surface area contributed by atoms with E-state index in [0.717, 1.165) is 45.4 Å². The number of aryl methyl sites for hydroxylation is 1. The molecule has 2 rings (SSSR count). The van der Waals surface area contributed by atoms with Gasteiger partial charge in [-0.3, -0.25) is 4.79 Å². The second kappa shape index (κ2) is 7.56. The fourth-order valence-corrected chi connectivity index (χ4v) is 2.74. The summed E-state index contributed by atoms with van der Waals surface area (Å²) in [5.41, 5.74) is 5.38. The van der Waals surface area contributed by atoms with Gasteiger partial charge in [0.25, 0.3) is 0 Å². The topological polar surface area (TPSA) is 84.1 Å². The van der Waals surface area contributed by atoms with Crippen LogP contribution < -0.4 is 11.1 Å². The molecule has 1 aliphatic heterocycles. The lowest BCUT2D eigenvalue weighted by Gasteiger charge is -2.31. The molecule has 1 unspecified atom stereocenters. The van der Waals surface area contributed by atoms with E-state index in [9.17, 15) is 4.79 Å². The van der Waals surface area contributed by atoms with E-state index >= 15 is 0 Å². The Bertz CT molecular complexity index is 496. The monoisotopic (exact) mass is 311 g/mol. The number of hydrogen-bond acceptors (Lipinski definition) is 5. The lowest BCUT2D eigenvalue weighted by atomic mass is 9.97. The molecule has 7 heteroatoms. The minimum Gasteiger partial charge on any atom is -0.369 e. The van der Waals surface area contributed by atoms with Crippen LogP contribution in [0.4, 0.5) is 5.82 Å². The standard InChI is InChI=1S/C14H22ClN5O/c1-10-18-8-12(15)14(19-10)17-5-3-7-20-6-2-4-11(9-20)13(16)21/h8,11H,2-7,9H2,1H3,(H2,16,21)(H,17,18,19). The zero-order valence-electron chi connectivity index (χ0n) is 12.3. The van der Waals surface area contributed by atoms with Crippen molar-refractivity contribution in [2.75, 3.05) is 31.5 Å². The van der Waals surface area contributed by atoms with E-state index < -0.39 is 0 Å². The van der Waals surface area contributed by atoms with Crippen LogP contribution in [0.3, 0.4) is 0 Å². The highest BCUT2D eigenvalue weighted by Crippen LogP contribution is 2.18. The minimum atomic E-state index is -0.180. The fourth-order valence-electron chi connectivity index (χ4n) is 2.58. The van der Waals surface area contributed by atoms with Crippen LogP contribution in [-0.2, 0) is 4.79 Å². The molecule has 0 radical (unpaired) electrons. The van der Waals surface area contributed by atoms with Crippen molar-refractivity contribution < 1.29 is 4.79 Å². The van der Waals surface area contributed by atoms with Gasteiger partial charge in [0, 0.05) is 13.1 Å². The van der Waals surface area contributed by atoms with E-state index in [1.807, 2.05) is 6.92 Å². The Morgan fingerprint density at radius 3 is 3.19 bits per heavy atom. The molecule has 1 saturated heterocycles. The van der Waals surface area contributed by atoms with Crippen molar-refractivity contribution >= 4 is 23.3 Å². The summed E-state index contributed by atoms with van der Waals surface area (Å²) in [6.45, 7) is 5.38. The molecule has 1 amide bonds. The van der Waals surface area contributed by atoms with Crippen LogP contribution in [0.1, 0.15) is 25.1 Å². The van der Waals surface area contributed by atoms with Crippen molar-refractivity contribution in [2.45, 2.75) is 26.2 Å². The molecule has 1 aliphatic rings. The summed E-state index contributed by atoms with van der Waals surface area (Å²) < 4.78 is 0. The van der Waals surface area contributed by atoms with E-state index in [1.165, 1.54) is 0 Å². The number of nitrogens with two attached hydrogens (primary N) is 1. The Hall–Kier alpha value is -1.40. The molecule has 1 fully saturated rings. The molecule has 21 heavy (non-hydrogen) atoms. The maximum Gasteiger partial charge on any atom is 0.221 e. The molecule has 1 aromatic heterocycles. The highest BCUT2D eigenvalue weighted by atomic mass is 35.5. The van der Waals surface area contributed by atoms with Gasteiger partial charge in [-0.15, -0.1) is 0 Å². The van der Waals surface area contributed by atoms with Gasteiger partial charge in [0.05, 0.1) is 12.1 Å². The summed E-state index contributed by atoms with van der Waals surface area (Å²) in [4.78, 5) is 21.8. The predicted octanol–water partition coefficient (Wildman–Crippen LogP) is 1.44. The highest BCUT2D eigenvalue weighted by Gasteiger charge is 2.23. The third kappa shape index (κ3) is 4.82. The smallest absolute Gasteiger partial charge is 0.221 e. The zero-order valence-corrected chi connectivity index (χ0v) is 13.1. The van der Waals surface area contributed by atoms with Crippen LogP contribution in [0.15, 0.2) is 6.20 Å². The van der Waals surface area contributed by atoms with Crippen LogP contribution in [0.2, 0.25) is 5.02 Å². The van der Waals surface area contributed by atoms with Crippen LogP contribution in [-0.4, -0.2) is 47.0 Å². The van der Waals surface area contributed by atoms with Crippen molar-refractivity contribution in [1.29, 1.82) is 0 Å². The molecule has 0 bridgehead atoms. The second-order valence-electron chi connectivity index (χ2n) is 5.44. The number of aromatic nitrogens is 2. The molecule has 116 valence electrons. The molecule has 3 N–H and O–H groups in total. The molecule has 0 aliphatic carbocycles. The average Bonchev–Trinajstić information content (AvgIpc) is 2.47. The SMILES string of the molecule is Cc1ncc(Cl)c(NCCCN2CCCC(C(N)=O)C2)n1. The largest absolute Gasteiger partial charge is 0.369 e. The van der Waals surface area contributed by atoms with Gasteiger partial charge < -0.3 is 16.0 Å². The number of piperidine rings is 1. The molecular weight excluding hydrogens is 290 g/mol. The second-order valence-corrected chi connectivity index (χ2v) is 5.84. The number of likely N-dealkylation sites (tertiary alicyclic amines) is 1. The van der Waals surface area contributed by atoms with Gasteiger partial charge in [0.2, 0.25) is 5.91 Å². The van der Waals surface area contributed by atoms with E-state index in [1.54, 1.807) is 6.20 Å². The van der Waals surface area contributed by atoms with Gasteiger partial charge >= 0.3 is 0 Å². The van der Waals surface area contributed by atoms with Crippen LogP contribution in [0.25, 0.3) is 0 Å². The maximum atomic E-state index is 11.2. The predicted molar refractivity (Wildman–Crippen MR) is 83.2 cm³/mol. The number of rotatable bonds is 6. The van der Waals surface area contributed by atoms with Gasteiger partial charge in [-0.2, -0.15) is 0 Å². The van der Waals surface area contributed by atoms with Crippen molar-refractivity contribution in [3.8, 4) is 0 Å². The number of nitrogens with zero attached hydrogens (tertiary/aromatic N) is 3. The van der Waals surface area contributed by atoms with Gasteiger partial charge in [0.15, 0.2) is 0 Å². The third-order valence-corrected chi connectivity index (χ3v) is 3.99. The number of carbonyl (C=O) groups excluding carboxylic acids is 1. The average molecular weight is 312 g/mol. The molecule has 1 atom stereocenters. The number of nitrogens with one attached hydrogen (secondary N) is 1. The third-order valence-electron chi connectivity index (χ3n) is 3.72. The molecule has 0 spiro atoms. The quantitative estimate of drug-likeness (QED) is 0.777. The lowest BCUT2D eigenvalue weighted by molar-refractivity contribution is -0.123. The van der Waals surface area contributed by atoms with Gasteiger partial charge in [-0.25, -0.2) is 9.97 Å². The number of anilines is 1. The molecular formula is C14H22ClN5O. The lowest BCUT2D eigenvalue weighted by Crippen LogP contribution is -2.41. The highest BCUT2D eigenvalue weighted by molar-refractivity contribution is 6.32. The van der Waals surface area contributed by atoms with Gasteiger partial charge in [-0.1, -0.05) is 11.6 Å². The normalized spacial score (nSPS) is 19.4. The Balaban J connectivity index is 1.72. The van der Waals surface area contributed by atoms with Gasteiger partial charge in [-0.05, 0) is 39.3 Å². The van der Waals surface area contributed by atoms with E-state index in [-0.39, 0.29) is 11.8 Å². The van der Waals surface area contributed by atoms with Crippen molar-refractivity contribution in [3.63, 3.8) is 0 Å². The van der Waals surface area contributed by atoms with E-state index in [4.69, 9.17) is 17.3 Å². The first-order valence-corrected chi connectivity index (χ1v) is 7.68. The van der Waals surface area contributed by atoms with E-state index in [0.29, 0.717) is 16.7 Å². The zero-order chi connectivity index (χ0) is 15.2. The number of hydrogen-bond donors (Lipinski definition) is 2. The van der Waals surface area contributed by atoms with Crippen LogP contribution in [0, 0.1) is 12.8 Å². The van der Waals surface area contributed by atoms with Crippen LogP contribution in [0.5, 0.6) is 0 Å². The van der Waals surface area contributed by atoms with Crippen molar-refractivity contribution in [3.05, 3.63) is 17.0 Å². The first-order chi connectivity index (χ1) is 10.1. The Kier molecular flexibility index (Phi) is 5.76. The minimum absolute atomic E-state index is 0.00525. The molecule has 0 aromatic carbocycles. The summed E-state index contributed by atoms with van der Waals surface area (Å²) >= 11 is 6.03. The maximum absolute atomic E-state index is 11.2. The summed E-state index contributed by atoms with van der Waals surface area (Å²) in [5.74, 6) is 1.20. The molecule has 6 nitrogen and oxygen atoms in total. The number of primary amides is 1. The molecule has 2 heterocycles. The Labute approximate surface area is 130 Å². The molecule has 1 aromatic rings. The number of carbonyl (C=O) groups is 1. The summed E-state index contributed by atoms with van der Waals surface area (Å²) in [5, 5.41) is 3.76. The van der Waals surface area contributed by atoms with Crippen molar-refractivity contribution in [1.82, 2.24) is 14.9 Å².